The zero-order valence-electron chi connectivity index (χ0n) is 14.2. The van der Waals surface area contributed by atoms with E-state index in [0.717, 1.165) is 0 Å². The summed E-state index contributed by atoms with van der Waals surface area (Å²) in [5.74, 6) is -0.509. The summed E-state index contributed by atoms with van der Waals surface area (Å²) in [5.41, 5.74) is 0.934. The molecule has 134 valence electrons. The van der Waals surface area contributed by atoms with Gasteiger partial charge in [0.2, 0.25) is 0 Å². The van der Waals surface area contributed by atoms with Crippen molar-refractivity contribution in [2.45, 2.75) is 0 Å². The molecule has 0 aliphatic carbocycles. The molecule has 0 spiro atoms. The van der Waals surface area contributed by atoms with E-state index < -0.39 is 11.9 Å². The first-order valence-corrected chi connectivity index (χ1v) is 8.12. The molecule has 0 aromatic heterocycles. The van der Waals surface area contributed by atoms with Crippen LogP contribution in [0.3, 0.4) is 0 Å². The van der Waals surface area contributed by atoms with E-state index >= 15 is 0 Å². The zero-order chi connectivity index (χ0) is 18.9. The lowest BCUT2D eigenvalue weighted by atomic mass is 10.1. The van der Waals surface area contributed by atoms with Crippen molar-refractivity contribution >= 4 is 29.6 Å². The third-order valence-electron chi connectivity index (χ3n) is 3.35. The summed E-state index contributed by atoms with van der Waals surface area (Å²) in [5, 5.41) is 2.84. The SMILES string of the molecule is C=CCOC(=O)C(=Cc1ccc(OC)cc1)NC(=O)c1ccccc1Cl. The summed E-state index contributed by atoms with van der Waals surface area (Å²) in [4.78, 5) is 24.7. The lowest BCUT2D eigenvalue weighted by Crippen LogP contribution is -2.28. The first kappa shape index (κ1) is 19.3. The van der Waals surface area contributed by atoms with Crippen LogP contribution in [-0.4, -0.2) is 25.6 Å². The Morgan fingerprint density at radius 2 is 1.85 bits per heavy atom. The number of nitrogens with one attached hydrogen (secondary N) is 1. The van der Waals surface area contributed by atoms with E-state index in [-0.39, 0.29) is 22.9 Å². The molecule has 0 aliphatic heterocycles. The fourth-order valence-electron chi connectivity index (χ4n) is 2.06. The maximum absolute atomic E-state index is 12.5. The molecule has 1 N–H and O–H groups in total. The lowest BCUT2D eigenvalue weighted by molar-refractivity contribution is -0.138. The molecule has 0 atom stereocenters. The zero-order valence-corrected chi connectivity index (χ0v) is 15.0. The maximum atomic E-state index is 12.5. The molecule has 0 radical (unpaired) electrons. The second kappa shape index (κ2) is 9.44. The van der Waals surface area contributed by atoms with Gasteiger partial charge in [-0.2, -0.15) is 0 Å². The van der Waals surface area contributed by atoms with Crippen LogP contribution in [0.15, 0.2) is 66.9 Å². The van der Waals surface area contributed by atoms with Crippen LogP contribution < -0.4 is 10.1 Å². The molecule has 0 fully saturated rings. The highest BCUT2D eigenvalue weighted by atomic mass is 35.5. The van der Waals surface area contributed by atoms with Crippen molar-refractivity contribution in [3.05, 3.63) is 83.0 Å². The summed E-state index contributed by atoms with van der Waals surface area (Å²) >= 11 is 6.04. The van der Waals surface area contributed by atoms with Crippen LogP contribution in [0.25, 0.3) is 6.08 Å². The number of rotatable bonds is 7. The molecule has 0 bridgehead atoms. The van der Waals surface area contributed by atoms with Gasteiger partial charge in [-0.05, 0) is 35.9 Å². The van der Waals surface area contributed by atoms with Crippen LogP contribution in [-0.2, 0) is 9.53 Å². The number of hydrogen-bond acceptors (Lipinski definition) is 4. The largest absolute Gasteiger partial charge is 0.497 e. The van der Waals surface area contributed by atoms with E-state index in [0.29, 0.717) is 11.3 Å². The second-order valence-corrected chi connectivity index (χ2v) is 5.56. The summed E-state index contributed by atoms with van der Waals surface area (Å²) in [6, 6.07) is 13.6. The molecule has 1 amide bonds. The van der Waals surface area contributed by atoms with Crippen molar-refractivity contribution in [2.24, 2.45) is 0 Å². The molecule has 2 rings (SSSR count). The van der Waals surface area contributed by atoms with Gasteiger partial charge in [-0.3, -0.25) is 4.79 Å². The Kier molecular flexibility index (Phi) is 7.00. The summed E-state index contributed by atoms with van der Waals surface area (Å²) < 4.78 is 10.1. The van der Waals surface area contributed by atoms with Gasteiger partial charge in [-0.15, -0.1) is 0 Å². The van der Waals surface area contributed by atoms with E-state index in [1.54, 1.807) is 55.6 Å². The van der Waals surface area contributed by atoms with Crippen molar-refractivity contribution in [2.75, 3.05) is 13.7 Å². The third-order valence-corrected chi connectivity index (χ3v) is 3.68. The minimum atomic E-state index is -0.680. The first-order valence-electron chi connectivity index (χ1n) is 7.74. The molecular weight excluding hydrogens is 354 g/mol. The fraction of sp³-hybridized carbons (Fsp3) is 0.100. The Morgan fingerprint density at radius 3 is 2.46 bits per heavy atom. The molecule has 2 aromatic carbocycles. The van der Waals surface area contributed by atoms with Crippen LogP contribution in [0.5, 0.6) is 5.75 Å². The van der Waals surface area contributed by atoms with Gasteiger partial charge in [-0.1, -0.05) is 48.5 Å². The van der Waals surface area contributed by atoms with Gasteiger partial charge in [0.15, 0.2) is 0 Å². The highest BCUT2D eigenvalue weighted by Gasteiger charge is 2.17. The van der Waals surface area contributed by atoms with E-state index in [1.165, 1.54) is 12.2 Å². The van der Waals surface area contributed by atoms with Gasteiger partial charge < -0.3 is 14.8 Å². The fourth-order valence-corrected chi connectivity index (χ4v) is 2.28. The number of ether oxygens (including phenoxy) is 2. The van der Waals surface area contributed by atoms with Gasteiger partial charge >= 0.3 is 5.97 Å². The molecule has 0 heterocycles. The minimum absolute atomic E-state index is 0.0121. The van der Waals surface area contributed by atoms with Crippen LogP contribution in [0.2, 0.25) is 5.02 Å². The molecular formula is C20H18ClNO4. The summed E-state index contributed by atoms with van der Waals surface area (Å²) in [6.45, 7) is 3.53. The Labute approximate surface area is 156 Å². The monoisotopic (exact) mass is 371 g/mol. The molecule has 2 aromatic rings. The standard InChI is InChI=1S/C20H18ClNO4/c1-3-12-26-20(24)18(13-14-8-10-15(25-2)11-9-14)22-19(23)16-6-4-5-7-17(16)21/h3-11,13H,1,12H2,2H3,(H,22,23). The topological polar surface area (TPSA) is 64.6 Å². The summed E-state index contributed by atoms with van der Waals surface area (Å²) in [6.07, 6.45) is 2.96. The van der Waals surface area contributed by atoms with E-state index in [9.17, 15) is 9.59 Å². The number of methoxy groups -OCH3 is 1. The number of carbonyl (C=O) groups excluding carboxylic acids is 2. The number of hydrogen-bond donors (Lipinski definition) is 1. The number of benzene rings is 2. The Balaban J connectivity index is 2.29. The molecule has 0 saturated carbocycles. The van der Waals surface area contributed by atoms with Crippen molar-refractivity contribution in [1.29, 1.82) is 0 Å². The van der Waals surface area contributed by atoms with Crippen molar-refractivity contribution < 1.29 is 19.1 Å². The molecule has 0 aliphatic rings. The van der Waals surface area contributed by atoms with Gasteiger partial charge in [-0.25, -0.2) is 4.79 Å². The average molecular weight is 372 g/mol. The Morgan fingerprint density at radius 1 is 1.15 bits per heavy atom. The predicted molar refractivity (Wildman–Crippen MR) is 101 cm³/mol. The highest BCUT2D eigenvalue weighted by Crippen LogP contribution is 2.17. The number of carbonyl (C=O) groups is 2. The van der Waals surface area contributed by atoms with Gasteiger partial charge in [0.25, 0.3) is 5.91 Å². The highest BCUT2D eigenvalue weighted by molar-refractivity contribution is 6.34. The molecule has 0 unspecified atom stereocenters. The summed E-state index contributed by atoms with van der Waals surface area (Å²) in [7, 11) is 1.56. The molecule has 0 saturated heterocycles. The Hall–Kier alpha value is -3.05. The first-order chi connectivity index (χ1) is 12.5. The van der Waals surface area contributed by atoms with Crippen LogP contribution in [0, 0.1) is 0 Å². The minimum Gasteiger partial charge on any atom is -0.497 e. The van der Waals surface area contributed by atoms with Gasteiger partial charge in [0.1, 0.15) is 18.1 Å². The average Bonchev–Trinajstić information content (AvgIpc) is 2.66. The molecule has 5 nitrogen and oxygen atoms in total. The molecule has 6 heteroatoms. The Bertz CT molecular complexity index is 828. The number of esters is 1. The maximum Gasteiger partial charge on any atom is 0.355 e. The third kappa shape index (κ3) is 5.22. The van der Waals surface area contributed by atoms with Gasteiger partial charge in [0.05, 0.1) is 17.7 Å². The van der Waals surface area contributed by atoms with Crippen molar-refractivity contribution in [3.63, 3.8) is 0 Å². The number of halogens is 1. The van der Waals surface area contributed by atoms with E-state index in [2.05, 4.69) is 11.9 Å². The van der Waals surface area contributed by atoms with Crippen LogP contribution >= 0.6 is 11.6 Å². The lowest BCUT2D eigenvalue weighted by Gasteiger charge is -2.10. The predicted octanol–water partition coefficient (Wildman–Crippen LogP) is 3.85. The van der Waals surface area contributed by atoms with Crippen LogP contribution in [0.4, 0.5) is 0 Å². The smallest absolute Gasteiger partial charge is 0.355 e. The van der Waals surface area contributed by atoms with E-state index in [4.69, 9.17) is 21.1 Å². The second-order valence-electron chi connectivity index (χ2n) is 5.15. The van der Waals surface area contributed by atoms with Crippen molar-refractivity contribution in [1.82, 2.24) is 5.32 Å². The number of amides is 1. The molecule has 26 heavy (non-hydrogen) atoms. The van der Waals surface area contributed by atoms with Crippen molar-refractivity contribution in [3.8, 4) is 5.75 Å². The normalized spacial score (nSPS) is 10.8. The van der Waals surface area contributed by atoms with Gasteiger partial charge in [0, 0.05) is 0 Å². The quantitative estimate of drug-likeness (QED) is 0.456. The van der Waals surface area contributed by atoms with E-state index in [1.807, 2.05) is 0 Å². The van der Waals surface area contributed by atoms with Crippen LogP contribution in [0.1, 0.15) is 15.9 Å².